The summed E-state index contributed by atoms with van der Waals surface area (Å²) in [7, 11) is 0. The lowest BCUT2D eigenvalue weighted by molar-refractivity contribution is -0.0500. The van der Waals surface area contributed by atoms with Crippen molar-refractivity contribution in [3.05, 3.63) is 28.8 Å². The van der Waals surface area contributed by atoms with Crippen molar-refractivity contribution in [2.45, 2.75) is 13.5 Å². The molecule has 78 valence electrons. The molecule has 3 nitrogen and oxygen atoms in total. The van der Waals surface area contributed by atoms with E-state index in [1.165, 1.54) is 12.1 Å². The third-order valence-corrected chi connectivity index (χ3v) is 1.82. The van der Waals surface area contributed by atoms with Crippen LogP contribution in [0.1, 0.15) is 21.5 Å². The third-order valence-electron chi connectivity index (χ3n) is 1.82. The van der Waals surface area contributed by atoms with Crippen molar-refractivity contribution in [2.75, 3.05) is 0 Å². The van der Waals surface area contributed by atoms with Crippen LogP contribution >= 0.6 is 0 Å². The van der Waals surface area contributed by atoms with E-state index in [4.69, 9.17) is 5.26 Å². The molecule has 0 saturated carbocycles. The zero-order valence-electron chi connectivity index (χ0n) is 7.83. The number of rotatable bonds is 3. The van der Waals surface area contributed by atoms with Gasteiger partial charge in [-0.05, 0) is 24.6 Å². The first-order valence-corrected chi connectivity index (χ1v) is 4.03. The lowest BCUT2D eigenvalue weighted by Gasteiger charge is -2.08. The second-order valence-electron chi connectivity index (χ2n) is 2.81. The zero-order chi connectivity index (χ0) is 11.4. The number of carbonyl (C=O) groups is 1. The van der Waals surface area contributed by atoms with Gasteiger partial charge in [-0.1, -0.05) is 0 Å². The van der Waals surface area contributed by atoms with Crippen LogP contribution in [0.25, 0.3) is 0 Å². The standard InChI is InChI=1S/C10H7F2NO2/c1-6-2-9(15-10(11)12)8(5-14)3-7(6)4-13/h2-3,5,10H,1H3. The topological polar surface area (TPSA) is 50.1 Å². The van der Waals surface area contributed by atoms with Crippen LogP contribution in [0.15, 0.2) is 12.1 Å². The van der Waals surface area contributed by atoms with E-state index in [1.54, 1.807) is 6.92 Å². The van der Waals surface area contributed by atoms with Crippen molar-refractivity contribution in [3.63, 3.8) is 0 Å². The fraction of sp³-hybridized carbons (Fsp3) is 0.200. The molecule has 5 heteroatoms. The minimum absolute atomic E-state index is 0.0579. The Morgan fingerprint density at radius 1 is 1.53 bits per heavy atom. The molecule has 0 radical (unpaired) electrons. The Hall–Kier alpha value is -1.96. The predicted molar refractivity (Wildman–Crippen MR) is 47.9 cm³/mol. The van der Waals surface area contributed by atoms with E-state index >= 15 is 0 Å². The number of nitrogens with zero attached hydrogens (tertiary/aromatic N) is 1. The SMILES string of the molecule is Cc1cc(OC(F)F)c(C=O)cc1C#N. The summed E-state index contributed by atoms with van der Waals surface area (Å²) in [4.78, 5) is 10.6. The minimum Gasteiger partial charge on any atom is -0.434 e. The van der Waals surface area contributed by atoms with Crippen LogP contribution in [-0.4, -0.2) is 12.9 Å². The highest BCUT2D eigenvalue weighted by atomic mass is 19.3. The molecule has 15 heavy (non-hydrogen) atoms. The van der Waals surface area contributed by atoms with E-state index in [-0.39, 0.29) is 16.9 Å². The van der Waals surface area contributed by atoms with Gasteiger partial charge in [0.1, 0.15) is 5.75 Å². The summed E-state index contributed by atoms with van der Waals surface area (Å²) in [6.07, 6.45) is 0.373. The van der Waals surface area contributed by atoms with E-state index in [1.807, 2.05) is 6.07 Å². The second kappa shape index (κ2) is 4.51. The van der Waals surface area contributed by atoms with Gasteiger partial charge in [-0.25, -0.2) is 0 Å². The lowest BCUT2D eigenvalue weighted by Crippen LogP contribution is -2.05. The summed E-state index contributed by atoms with van der Waals surface area (Å²) in [5.74, 6) is -0.212. The molecule has 0 fully saturated rings. The fourth-order valence-electron chi connectivity index (χ4n) is 1.11. The smallest absolute Gasteiger partial charge is 0.387 e. The Labute approximate surface area is 84.9 Å². The highest BCUT2D eigenvalue weighted by Gasteiger charge is 2.11. The Morgan fingerprint density at radius 2 is 2.20 bits per heavy atom. The highest BCUT2D eigenvalue weighted by Crippen LogP contribution is 2.23. The molecular formula is C10H7F2NO2. The fourth-order valence-corrected chi connectivity index (χ4v) is 1.11. The van der Waals surface area contributed by atoms with Gasteiger partial charge >= 0.3 is 6.61 Å². The summed E-state index contributed by atoms with van der Waals surface area (Å²) >= 11 is 0. The molecule has 1 aromatic rings. The van der Waals surface area contributed by atoms with Gasteiger partial charge in [0.05, 0.1) is 17.2 Å². The number of nitriles is 1. The van der Waals surface area contributed by atoms with E-state index < -0.39 is 6.61 Å². The maximum absolute atomic E-state index is 11.9. The number of aldehydes is 1. The Bertz CT molecular complexity index is 424. The van der Waals surface area contributed by atoms with E-state index in [0.717, 1.165) is 0 Å². The summed E-state index contributed by atoms with van der Waals surface area (Å²) in [6.45, 7) is -1.41. The normalized spacial score (nSPS) is 9.80. The maximum Gasteiger partial charge on any atom is 0.387 e. The Morgan fingerprint density at radius 3 is 2.67 bits per heavy atom. The summed E-state index contributed by atoms with van der Waals surface area (Å²) in [5.41, 5.74) is 0.690. The number of hydrogen-bond donors (Lipinski definition) is 0. The van der Waals surface area contributed by atoms with E-state index in [0.29, 0.717) is 11.8 Å². The monoisotopic (exact) mass is 211 g/mol. The van der Waals surface area contributed by atoms with Crippen molar-refractivity contribution in [1.29, 1.82) is 5.26 Å². The van der Waals surface area contributed by atoms with Crippen molar-refractivity contribution < 1.29 is 18.3 Å². The van der Waals surface area contributed by atoms with Crippen LogP contribution < -0.4 is 4.74 Å². The number of halogens is 2. The van der Waals surface area contributed by atoms with Crippen molar-refractivity contribution >= 4 is 6.29 Å². The third kappa shape index (κ3) is 2.50. The molecule has 0 aliphatic carbocycles. The first-order chi connectivity index (χ1) is 7.08. The average Bonchev–Trinajstić information content (AvgIpc) is 2.17. The van der Waals surface area contributed by atoms with Crippen LogP contribution in [0.3, 0.4) is 0 Å². The molecule has 0 N–H and O–H groups in total. The first kappa shape index (κ1) is 11.1. The van der Waals surface area contributed by atoms with Crippen molar-refractivity contribution in [3.8, 4) is 11.8 Å². The molecule has 1 rings (SSSR count). The van der Waals surface area contributed by atoms with Gasteiger partial charge in [-0.2, -0.15) is 14.0 Å². The molecular weight excluding hydrogens is 204 g/mol. The van der Waals surface area contributed by atoms with Crippen LogP contribution in [0.4, 0.5) is 8.78 Å². The molecule has 0 spiro atoms. The Balaban J connectivity index is 3.22. The molecule has 0 bridgehead atoms. The summed E-state index contributed by atoms with van der Waals surface area (Å²) in [6, 6.07) is 4.32. The van der Waals surface area contributed by atoms with Crippen molar-refractivity contribution in [2.24, 2.45) is 0 Å². The van der Waals surface area contributed by atoms with Crippen LogP contribution in [0.5, 0.6) is 5.75 Å². The number of aryl methyl sites for hydroxylation is 1. The molecule has 0 saturated heterocycles. The second-order valence-corrected chi connectivity index (χ2v) is 2.81. The average molecular weight is 211 g/mol. The molecule has 0 aromatic heterocycles. The number of ether oxygens (including phenoxy) is 1. The maximum atomic E-state index is 11.9. The van der Waals surface area contributed by atoms with Gasteiger partial charge in [-0.15, -0.1) is 0 Å². The summed E-state index contributed by atoms with van der Waals surface area (Å²) < 4.78 is 28.0. The lowest BCUT2D eigenvalue weighted by atomic mass is 10.1. The van der Waals surface area contributed by atoms with Gasteiger partial charge in [0.25, 0.3) is 0 Å². The summed E-state index contributed by atoms with van der Waals surface area (Å²) in [5, 5.41) is 8.66. The minimum atomic E-state index is -2.99. The predicted octanol–water partition coefficient (Wildman–Crippen LogP) is 2.28. The van der Waals surface area contributed by atoms with Gasteiger partial charge < -0.3 is 4.74 Å². The van der Waals surface area contributed by atoms with Crippen LogP contribution in [-0.2, 0) is 0 Å². The molecule has 0 atom stereocenters. The van der Waals surface area contributed by atoms with Gasteiger partial charge in [-0.3, -0.25) is 4.79 Å². The molecule has 0 aliphatic heterocycles. The molecule has 1 aromatic carbocycles. The number of alkyl halides is 2. The number of benzene rings is 1. The zero-order valence-corrected chi connectivity index (χ0v) is 7.83. The molecule has 0 heterocycles. The highest BCUT2D eigenvalue weighted by molar-refractivity contribution is 5.80. The van der Waals surface area contributed by atoms with Gasteiger partial charge in [0, 0.05) is 0 Å². The van der Waals surface area contributed by atoms with E-state index in [9.17, 15) is 13.6 Å². The van der Waals surface area contributed by atoms with Crippen LogP contribution in [0.2, 0.25) is 0 Å². The molecule has 0 unspecified atom stereocenters. The quantitative estimate of drug-likeness (QED) is 0.720. The number of hydrogen-bond acceptors (Lipinski definition) is 3. The Kier molecular flexibility index (Phi) is 3.34. The largest absolute Gasteiger partial charge is 0.434 e. The molecule has 0 aliphatic rings. The van der Waals surface area contributed by atoms with Crippen molar-refractivity contribution in [1.82, 2.24) is 0 Å². The van der Waals surface area contributed by atoms with E-state index in [2.05, 4.69) is 4.74 Å². The first-order valence-electron chi connectivity index (χ1n) is 4.03. The van der Waals surface area contributed by atoms with Crippen LogP contribution in [0, 0.1) is 18.3 Å². The van der Waals surface area contributed by atoms with Gasteiger partial charge in [0.2, 0.25) is 0 Å². The molecule has 0 amide bonds. The number of carbonyl (C=O) groups excluding carboxylic acids is 1. The van der Waals surface area contributed by atoms with Gasteiger partial charge in [0.15, 0.2) is 6.29 Å².